The number of rotatable bonds is 2. The second-order valence-electron chi connectivity index (χ2n) is 2.86. The molecule has 3 nitrogen and oxygen atoms in total. The number of hydrogen-bond acceptors (Lipinski definition) is 2. The number of carbonyl (C=O) groups is 1. The van der Waals surface area contributed by atoms with Gasteiger partial charge in [-0.3, -0.25) is 0 Å². The average molecular weight is 276 g/mol. The third kappa shape index (κ3) is 2.82. The molecule has 94 valence electrons. The van der Waals surface area contributed by atoms with E-state index in [1.54, 1.807) is 0 Å². The lowest BCUT2D eigenvalue weighted by atomic mass is 10.1. The zero-order valence-corrected chi connectivity index (χ0v) is 8.48. The number of nitrogens with zero attached hydrogens (tertiary/aromatic N) is 1. The monoisotopic (exact) mass is 275 g/mol. The van der Waals surface area contributed by atoms with E-state index < -0.39 is 40.5 Å². The van der Waals surface area contributed by atoms with E-state index in [4.69, 9.17) is 16.7 Å². The molecule has 0 aliphatic heterocycles. The van der Waals surface area contributed by atoms with Gasteiger partial charge in [-0.15, -0.1) is 0 Å². The van der Waals surface area contributed by atoms with Gasteiger partial charge in [0.15, 0.2) is 0 Å². The van der Waals surface area contributed by atoms with Crippen molar-refractivity contribution in [2.75, 3.05) is 0 Å². The van der Waals surface area contributed by atoms with Gasteiger partial charge in [0, 0.05) is 0 Å². The molecule has 0 atom stereocenters. The summed E-state index contributed by atoms with van der Waals surface area (Å²) in [4.78, 5) is 13.3. The van der Waals surface area contributed by atoms with Gasteiger partial charge in [0.05, 0.1) is 11.1 Å². The van der Waals surface area contributed by atoms with E-state index in [1.807, 2.05) is 0 Å². The summed E-state index contributed by atoms with van der Waals surface area (Å²) in [5, 5.41) is 7.30. The van der Waals surface area contributed by atoms with Gasteiger partial charge in [0.2, 0.25) is 0 Å². The topological polar surface area (TPSA) is 50.2 Å². The van der Waals surface area contributed by atoms with Crippen LogP contribution >= 0.6 is 11.6 Å². The molecule has 1 aromatic rings. The fraction of sp³-hybridized carbons (Fsp3) is 0.250. The van der Waals surface area contributed by atoms with Crippen LogP contribution in [0.1, 0.15) is 28.0 Å². The summed E-state index contributed by atoms with van der Waals surface area (Å²) < 4.78 is 61.6. The number of hydrogen-bond donors (Lipinski definition) is 1. The zero-order valence-electron chi connectivity index (χ0n) is 7.73. The Morgan fingerprint density at radius 2 is 1.94 bits per heavy atom. The molecule has 9 heteroatoms. The van der Waals surface area contributed by atoms with Crippen LogP contribution in [0.3, 0.4) is 0 Å². The van der Waals surface area contributed by atoms with Crippen molar-refractivity contribution >= 4 is 17.6 Å². The second kappa shape index (κ2) is 4.44. The van der Waals surface area contributed by atoms with Crippen LogP contribution in [0.4, 0.5) is 22.0 Å². The molecule has 0 aliphatic rings. The van der Waals surface area contributed by atoms with E-state index in [0.717, 1.165) is 0 Å². The smallest absolute Gasteiger partial charge is 0.419 e. The standard InChI is InChI=1S/C8H3ClF5NO2/c9-5-3(8(12,13)14)1-2(7(16)17)4(15-5)6(10)11/h1,6H,(H,16,17). The van der Waals surface area contributed by atoms with E-state index in [2.05, 4.69) is 4.98 Å². The maximum absolute atomic E-state index is 12.3. The van der Waals surface area contributed by atoms with Gasteiger partial charge >= 0.3 is 12.1 Å². The Balaban J connectivity index is 3.51. The van der Waals surface area contributed by atoms with Crippen molar-refractivity contribution in [2.45, 2.75) is 12.6 Å². The molecule has 0 radical (unpaired) electrons. The summed E-state index contributed by atoms with van der Waals surface area (Å²) >= 11 is 5.08. The first-order valence-electron chi connectivity index (χ1n) is 3.93. The molecular weight excluding hydrogens is 273 g/mol. The van der Waals surface area contributed by atoms with Crippen molar-refractivity contribution in [2.24, 2.45) is 0 Å². The highest BCUT2D eigenvalue weighted by Crippen LogP contribution is 2.36. The second-order valence-corrected chi connectivity index (χ2v) is 3.22. The zero-order chi connectivity index (χ0) is 13.4. The number of carboxylic acids is 1. The number of halogens is 6. The van der Waals surface area contributed by atoms with Crippen LogP contribution in [-0.2, 0) is 6.18 Å². The summed E-state index contributed by atoms with van der Waals surface area (Å²) in [6.07, 6.45) is -8.30. The van der Waals surface area contributed by atoms with Crippen LogP contribution in [0.2, 0.25) is 5.15 Å². The molecule has 0 bridgehead atoms. The molecule has 1 aromatic heterocycles. The van der Waals surface area contributed by atoms with Crippen molar-refractivity contribution in [3.05, 3.63) is 28.0 Å². The van der Waals surface area contributed by atoms with Gasteiger partial charge in [-0.1, -0.05) is 11.6 Å². The Labute approximate surface area is 95.8 Å². The van der Waals surface area contributed by atoms with Gasteiger partial charge in [0.25, 0.3) is 6.43 Å². The molecule has 0 fully saturated rings. The highest BCUT2D eigenvalue weighted by Gasteiger charge is 2.36. The normalized spacial score (nSPS) is 11.9. The van der Waals surface area contributed by atoms with E-state index in [-0.39, 0.29) is 6.07 Å². The minimum absolute atomic E-state index is 0.0408. The number of carboxylic acid groups (broad SMARTS) is 1. The number of pyridine rings is 1. The van der Waals surface area contributed by atoms with Crippen LogP contribution in [0.15, 0.2) is 6.07 Å². The molecular formula is C8H3ClF5NO2. The summed E-state index contributed by atoms with van der Waals surface area (Å²) in [6, 6.07) is 0.0408. The van der Waals surface area contributed by atoms with Gasteiger partial charge < -0.3 is 5.11 Å². The Morgan fingerprint density at radius 1 is 1.41 bits per heavy atom. The molecule has 0 saturated heterocycles. The third-order valence-electron chi connectivity index (χ3n) is 1.75. The molecule has 0 aliphatic carbocycles. The molecule has 1 heterocycles. The number of alkyl halides is 5. The van der Waals surface area contributed by atoms with Gasteiger partial charge in [-0.2, -0.15) is 13.2 Å². The minimum Gasteiger partial charge on any atom is -0.478 e. The highest BCUT2D eigenvalue weighted by atomic mass is 35.5. The quantitative estimate of drug-likeness (QED) is 0.665. The van der Waals surface area contributed by atoms with Crippen molar-refractivity contribution in [3.8, 4) is 0 Å². The lowest BCUT2D eigenvalue weighted by Gasteiger charge is -2.11. The lowest BCUT2D eigenvalue weighted by molar-refractivity contribution is -0.137. The first kappa shape index (κ1) is 13.6. The Hall–Kier alpha value is -1.44. The van der Waals surface area contributed by atoms with Crippen LogP contribution in [0.5, 0.6) is 0 Å². The van der Waals surface area contributed by atoms with E-state index in [1.165, 1.54) is 0 Å². The number of aromatic carboxylic acids is 1. The molecule has 17 heavy (non-hydrogen) atoms. The predicted octanol–water partition coefficient (Wildman–Crippen LogP) is 3.39. The maximum atomic E-state index is 12.3. The van der Waals surface area contributed by atoms with Gasteiger partial charge in [0.1, 0.15) is 10.8 Å². The van der Waals surface area contributed by atoms with Gasteiger partial charge in [-0.25, -0.2) is 18.6 Å². The molecule has 1 N–H and O–H groups in total. The van der Waals surface area contributed by atoms with Crippen LogP contribution in [0, 0.1) is 0 Å². The summed E-state index contributed by atoms with van der Waals surface area (Å²) in [7, 11) is 0. The Kier molecular flexibility index (Phi) is 3.56. The molecule has 0 saturated carbocycles. The van der Waals surface area contributed by atoms with Crippen molar-refractivity contribution in [3.63, 3.8) is 0 Å². The van der Waals surface area contributed by atoms with Crippen molar-refractivity contribution < 1.29 is 31.9 Å². The molecule has 1 rings (SSSR count). The fourth-order valence-corrected chi connectivity index (χ4v) is 1.29. The summed E-state index contributed by atoms with van der Waals surface area (Å²) in [5.74, 6) is -1.94. The molecule has 0 spiro atoms. The Morgan fingerprint density at radius 3 is 2.29 bits per heavy atom. The minimum atomic E-state index is -4.96. The van der Waals surface area contributed by atoms with Crippen LogP contribution in [0.25, 0.3) is 0 Å². The fourth-order valence-electron chi connectivity index (χ4n) is 1.04. The molecule has 0 amide bonds. The van der Waals surface area contributed by atoms with E-state index >= 15 is 0 Å². The largest absolute Gasteiger partial charge is 0.478 e. The van der Waals surface area contributed by atoms with Crippen LogP contribution < -0.4 is 0 Å². The van der Waals surface area contributed by atoms with Gasteiger partial charge in [-0.05, 0) is 6.07 Å². The molecule has 0 aromatic carbocycles. The highest BCUT2D eigenvalue weighted by molar-refractivity contribution is 6.30. The van der Waals surface area contributed by atoms with E-state index in [0.29, 0.717) is 0 Å². The average Bonchev–Trinajstić information content (AvgIpc) is 2.14. The first-order valence-corrected chi connectivity index (χ1v) is 4.31. The first-order chi connectivity index (χ1) is 7.64. The van der Waals surface area contributed by atoms with E-state index in [9.17, 15) is 26.7 Å². The van der Waals surface area contributed by atoms with Crippen molar-refractivity contribution in [1.29, 1.82) is 0 Å². The summed E-state index contributed by atoms with van der Waals surface area (Å²) in [6.45, 7) is 0. The SMILES string of the molecule is O=C(O)c1cc(C(F)(F)F)c(Cl)nc1C(F)F. The Bertz CT molecular complexity index is 460. The maximum Gasteiger partial charge on any atom is 0.419 e. The van der Waals surface area contributed by atoms with Crippen molar-refractivity contribution in [1.82, 2.24) is 4.98 Å². The third-order valence-corrected chi connectivity index (χ3v) is 2.04. The number of aromatic nitrogens is 1. The predicted molar refractivity (Wildman–Crippen MR) is 46.2 cm³/mol. The summed E-state index contributed by atoms with van der Waals surface area (Å²) in [5.41, 5.74) is -4.09. The van der Waals surface area contributed by atoms with Crippen LogP contribution in [-0.4, -0.2) is 16.1 Å². The lowest BCUT2D eigenvalue weighted by Crippen LogP contribution is -2.13. The molecule has 0 unspecified atom stereocenters.